The van der Waals surface area contributed by atoms with Gasteiger partial charge >= 0.3 is 0 Å². The summed E-state index contributed by atoms with van der Waals surface area (Å²) in [6.07, 6.45) is 3.40. The lowest BCUT2D eigenvalue weighted by molar-refractivity contribution is 0.0931. The number of aliphatic hydroxyl groups is 1. The van der Waals surface area contributed by atoms with Crippen molar-refractivity contribution in [1.29, 1.82) is 0 Å². The van der Waals surface area contributed by atoms with Crippen LogP contribution in [0, 0.1) is 0 Å². The third kappa shape index (κ3) is 4.56. The molecule has 5 nitrogen and oxygen atoms in total. The molecule has 0 aliphatic heterocycles. The van der Waals surface area contributed by atoms with E-state index >= 15 is 0 Å². The summed E-state index contributed by atoms with van der Waals surface area (Å²) < 4.78 is 0. The van der Waals surface area contributed by atoms with E-state index in [1.54, 1.807) is 6.07 Å². The Bertz CT molecular complexity index is 349. The van der Waals surface area contributed by atoms with Gasteiger partial charge in [0.1, 0.15) is 5.69 Å². The lowest BCUT2D eigenvalue weighted by Gasteiger charge is -2.11. The molecule has 5 heteroatoms. The molecule has 1 aromatic rings. The van der Waals surface area contributed by atoms with Gasteiger partial charge in [0.05, 0.1) is 0 Å². The Morgan fingerprint density at radius 2 is 2.41 bits per heavy atom. The number of aromatic nitrogens is 2. The first kappa shape index (κ1) is 13.7. The first-order valence-corrected chi connectivity index (χ1v) is 6.13. The first-order chi connectivity index (χ1) is 8.17. The van der Waals surface area contributed by atoms with Gasteiger partial charge in [-0.25, -0.2) is 0 Å². The van der Waals surface area contributed by atoms with E-state index in [0.29, 0.717) is 12.1 Å². The van der Waals surface area contributed by atoms with Crippen molar-refractivity contribution < 1.29 is 9.90 Å². The number of rotatable bonds is 7. The summed E-state index contributed by atoms with van der Waals surface area (Å²) in [6.45, 7) is 4.16. The molecule has 0 radical (unpaired) electrons. The molecule has 0 saturated carbocycles. The van der Waals surface area contributed by atoms with Crippen LogP contribution in [-0.4, -0.2) is 33.9 Å². The highest BCUT2D eigenvalue weighted by molar-refractivity contribution is 5.92. The van der Waals surface area contributed by atoms with Crippen LogP contribution >= 0.6 is 0 Å². The lowest BCUT2D eigenvalue weighted by atomic mass is 10.2. The molecule has 0 aliphatic carbocycles. The van der Waals surface area contributed by atoms with Crippen LogP contribution in [0.2, 0.25) is 0 Å². The summed E-state index contributed by atoms with van der Waals surface area (Å²) in [6, 6.07) is 1.85. The van der Waals surface area contributed by atoms with Gasteiger partial charge in [0.15, 0.2) is 0 Å². The Balaban J connectivity index is 2.45. The second-order valence-electron chi connectivity index (χ2n) is 4.27. The van der Waals surface area contributed by atoms with Crippen LogP contribution in [0.4, 0.5) is 0 Å². The summed E-state index contributed by atoms with van der Waals surface area (Å²) in [7, 11) is 0. The summed E-state index contributed by atoms with van der Waals surface area (Å²) in [4.78, 5) is 11.8. The van der Waals surface area contributed by atoms with Gasteiger partial charge in [0.2, 0.25) is 0 Å². The van der Waals surface area contributed by atoms with E-state index in [1.165, 1.54) is 0 Å². The van der Waals surface area contributed by atoms with Crippen LogP contribution in [0.5, 0.6) is 0 Å². The quantitative estimate of drug-likeness (QED) is 0.670. The molecule has 1 heterocycles. The number of carbonyl (C=O) groups excluding carboxylic acids is 1. The Morgan fingerprint density at radius 3 is 3.06 bits per heavy atom. The van der Waals surface area contributed by atoms with Crippen molar-refractivity contribution in [2.75, 3.05) is 6.61 Å². The van der Waals surface area contributed by atoms with Gasteiger partial charge < -0.3 is 10.4 Å². The van der Waals surface area contributed by atoms with Crippen LogP contribution in [-0.2, 0) is 6.42 Å². The topological polar surface area (TPSA) is 78.0 Å². The molecule has 17 heavy (non-hydrogen) atoms. The molecule has 96 valence electrons. The zero-order valence-electron chi connectivity index (χ0n) is 10.5. The van der Waals surface area contributed by atoms with Gasteiger partial charge in [-0.2, -0.15) is 5.10 Å². The van der Waals surface area contributed by atoms with Crippen LogP contribution in [0.15, 0.2) is 6.07 Å². The Hall–Kier alpha value is -1.36. The zero-order valence-corrected chi connectivity index (χ0v) is 10.5. The van der Waals surface area contributed by atoms with Crippen LogP contribution in [0.3, 0.4) is 0 Å². The smallest absolute Gasteiger partial charge is 0.271 e. The normalized spacial score (nSPS) is 12.4. The number of hydrogen-bond donors (Lipinski definition) is 3. The van der Waals surface area contributed by atoms with Gasteiger partial charge in [0, 0.05) is 18.3 Å². The fraction of sp³-hybridized carbons (Fsp3) is 0.667. The standard InChI is InChI=1S/C12H21N3O2/c1-3-5-10-8-11(15-14-10)12(17)13-9(2)6-4-7-16/h8-9,16H,3-7H2,1-2H3,(H,13,17)(H,14,15). The number of aliphatic hydroxyl groups excluding tert-OH is 1. The molecular formula is C12H21N3O2. The van der Waals surface area contributed by atoms with Gasteiger partial charge in [-0.3, -0.25) is 9.89 Å². The molecule has 1 rings (SSSR count). The van der Waals surface area contributed by atoms with Crippen LogP contribution in [0.1, 0.15) is 49.3 Å². The Labute approximate surface area is 102 Å². The fourth-order valence-electron chi connectivity index (χ4n) is 1.64. The van der Waals surface area contributed by atoms with Crippen molar-refractivity contribution in [3.8, 4) is 0 Å². The number of amides is 1. The maximum absolute atomic E-state index is 11.8. The van der Waals surface area contributed by atoms with Crippen LogP contribution in [0.25, 0.3) is 0 Å². The minimum Gasteiger partial charge on any atom is -0.396 e. The highest BCUT2D eigenvalue weighted by Gasteiger charge is 2.12. The highest BCUT2D eigenvalue weighted by atomic mass is 16.3. The summed E-state index contributed by atoms with van der Waals surface area (Å²) >= 11 is 0. The Morgan fingerprint density at radius 1 is 1.65 bits per heavy atom. The number of nitrogens with one attached hydrogen (secondary N) is 2. The molecule has 0 aromatic carbocycles. The summed E-state index contributed by atoms with van der Waals surface area (Å²) in [5, 5.41) is 18.4. The first-order valence-electron chi connectivity index (χ1n) is 6.13. The minimum absolute atomic E-state index is 0.0565. The molecule has 0 bridgehead atoms. The zero-order chi connectivity index (χ0) is 12.7. The van der Waals surface area contributed by atoms with Crippen molar-refractivity contribution in [1.82, 2.24) is 15.5 Å². The monoisotopic (exact) mass is 239 g/mol. The molecule has 3 N–H and O–H groups in total. The second kappa shape index (κ2) is 7.06. The SMILES string of the molecule is CCCc1cc(C(=O)NC(C)CCCO)n[nH]1. The molecule has 0 fully saturated rings. The van der Waals surface area contributed by atoms with Crippen molar-refractivity contribution in [3.05, 3.63) is 17.5 Å². The average Bonchev–Trinajstić information content (AvgIpc) is 2.75. The number of hydrogen-bond acceptors (Lipinski definition) is 3. The Kier molecular flexibility index (Phi) is 5.69. The molecule has 1 amide bonds. The fourth-order valence-corrected chi connectivity index (χ4v) is 1.64. The van der Waals surface area contributed by atoms with Gasteiger partial charge in [0.25, 0.3) is 5.91 Å². The van der Waals surface area contributed by atoms with E-state index in [1.807, 2.05) is 6.92 Å². The van der Waals surface area contributed by atoms with E-state index in [4.69, 9.17) is 5.11 Å². The minimum atomic E-state index is -0.158. The largest absolute Gasteiger partial charge is 0.396 e. The van der Waals surface area contributed by atoms with E-state index in [2.05, 4.69) is 22.4 Å². The van der Waals surface area contributed by atoms with Crippen molar-refractivity contribution in [3.63, 3.8) is 0 Å². The summed E-state index contributed by atoms with van der Waals surface area (Å²) in [5.74, 6) is -0.158. The lowest BCUT2D eigenvalue weighted by Crippen LogP contribution is -2.32. The van der Waals surface area contributed by atoms with Gasteiger partial charge in [-0.15, -0.1) is 0 Å². The number of aryl methyl sites for hydroxylation is 1. The molecule has 1 unspecified atom stereocenters. The summed E-state index contributed by atoms with van der Waals surface area (Å²) in [5.41, 5.74) is 1.42. The van der Waals surface area contributed by atoms with E-state index < -0.39 is 0 Å². The number of carbonyl (C=O) groups is 1. The van der Waals surface area contributed by atoms with Crippen molar-refractivity contribution in [2.24, 2.45) is 0 Å². The molecule has 1 atom stereocenters. The second-order valence-corrected chi connectivity index (χ2v) is 4.27. The maximum atomic E-state index is 11.8. The van der Waals surface area contributed by atoms with Crippen molar-refractivity contribution >= 4 is 5.91 Å². The predicted octanol–water partition coefficient (Wildman–Crippen LogP) is 1.25. The molecule has 1 aromatic heterocycles. The van der Waals surface area contributed by atoms with Gasteiger partial charge in [-0.1, -0.05) is 13.3 Å². The van der Waals surface area contributed by atoms with Gasteiger partial charge in [-0.05, 0) is 32.3 Å². The third-order valence-corrected chi connectivity index (χ3v) is 2.56. The van der Waals surface area contributed by atoms with Crippen molar-refractivity contribution in [2.45, 2.75) is 45.6 Å². The number of H-pyrrole nitrogens is 1. The number of nitrogens with zero attached hydrogens (tertiary/aromatic N) is 1. The molecular weight excluding hydrogens is 218 g/mol. The molecule has 0 saturated heterocycles. The van der Waals surface area contributed by atoms with E-state index in [-0.39, 0.29) is 18.6 Å². The molecule has 0 aliphatic rings. The number of aromatic amines is 1. The van der Waals surface area contributed by atoms with E-state index in [9.17, 15) is 4.79 Å². The predicted molar refractivity (Wildman–Crippen MR) is 65.8 cm³/mol. The van der Waals surface area contributed by atoms with E-state index in [0.717, 1.165) is 25.0 Å². The average molecular weight is 239 g/mol. The van der Waals surface area contributed by atoms with Crippen LogP contribution < -0.4 is 5.32 Å². The maximum Gasteiger partial charge on any atom is 0.271 e. The molecule has 0 spiro atoms. The highest BCUT2D eigenvalue weighted by Crippen LogP contribution is 2.04. The third-order valence-electron chi connectivity index (χ3n) is 2.56.